The van der Waals surface area contributed by atoms with E-state index in [2.05, 4.69) is 21.6 Å². The number of nitrogens with one attached hydrogen (secondary N) is 1. The molecule has 0 aromatic carbocycles. The summed E-state index contributed by atoms with van der Waals surface area (Å²) >= 11 is 0. The largest absolute Gasteiger partial charge is 0.351 e. The fourth-order valence-corrected chi connectivity index (χ4v) is 2.55. The van der Waals surface area contributed by atoms with Crippen molar-refractivity contribution in [2.45, 2.75) is 19.8 Å². The standard InChI is InChI=1S/C15H18N6O/c1-10-13(11-8-17-20(2)9-11)19-21(14(10)18-15(16)22)12-6-4-3-5-7-12/h3-4,6,8-9H,5,7H2,1-2H3,(H3,16,18,22). The zero-order chi connectivity index (χ0) is 15.7. The molecule has 0 unspecified atom stereocenters. The molecule has 3 N–H and O–H groups in total. The Kier molecular flexibility index (Phi) is 3.54. The average Bonchev–Trinajstić information content (AvgIpc) is 3.05. The highest BCUT2D eigenvalue weighted by molar-refractivity contribution is 5.90. The van der Waals surface area contributed by atoms with Gasteiger partial charge >= 0.3 is 6.03 Å². The van der Waals surface area contributed by atoms with Crippen molar-refractivity contribution in [3.63, 3.8) is 0 Å². The van der Waals surface area contributed by atoms with Crippen molar-refractivity contribution < 1.29 is 4.79 Å². The fourth-order valence-electron chi connectivity index (χ4n) is 2.55. The van der Waals surface area contributed by atoms with Crippen LogP contribution in [-0.4, -0.2) is 25.6 Å². The lowest BCUT2D eigenvalue weighted by Crippen LogP contribution is -2.22. The lowest BCUT2D eigenvalue weighted by atomic mass is 10.1. The first-order valence-corrected chi connectivity index (χ1v) is 7.07. The minimum absolute atomic E-state index is 0.603. The number of nitrogens with two attached hydrogens (primary N) is 1. The van der Waals surface area contributed by atoms with Crippen molar-refractivity contribution in [3.8, 4) is 11.3 Å². The second-order valence-electron chi connectivity index (χ2n) is 5.25. The third kappa shape index (κ3) is 2.52. The second kappa shape index (κ2) is 5.51. The van der Waals surface area contributed by atoms with E-state index >= 15 is 0 Å². The lowest BCUT2D eigenvalue weighted by Gasteiger charge is -2.13. The highest BCUT2D eigenvalue weighted by Crippen LogP contribution is 2.31. The van der Waals surface area contributed by atoms with Crippen LogP contribution in [0.15, 0.2) is 30.6 Å². The lowest BCUT2D eigenvalue weighted by molar-refractivity contribution is 0.259. The van der Waals surface area contributed by atoms with Gasteiger partial charge in [-0.3, -0.25) is 10.00 Å². The normalized spacial score (nSPS) is 14.0. The van der Waals surface area contributed by atoms with Gasteiger partial charge in [0, 0.05) is 30.1 Å². The Morgan fingerprint density at radius 2 is 2.27 bits per heavy atom. The van der Waals surface area contributed by atoms with Crippen molar-refractivity contribution in [1.82, 2.24) is 19.6 Å². The van der Waals surface area contributed by atoms with E-state index < -0.39 is 6.03 Å². The van der Waals surface area contributed by atoms with Crippen LogP contribution in [0, 0.1) is 6.92 Å². The molecule has 0 fully saturated rings. The summed E-state index contributed by atoms with van der Waals surface area (Å²) in [7, 11) is 1.85. The second-order valence-corrected chi connectivity index (χ2v) is 5.25. The molecule has 0 spiro atoms. The van der Waals surface area contributed by atoms with Crippen LogP contribution >= 0.6 is 0 Å². The molecule has 1 aliphatic carbocycles. The van der Waals surface area contributed by atoms with Gasteiger partial charge in [-0.2, -0.15) is 10.2 Å². The number of urea groups is 1. The van der Waals surface area contributed by atoms with Crippen molar-refractivity contribution in [3.05, 3.63) is 36.2 Å². The summed E-state index contributed by atoms with van der Waals surface area (Å²) < 4.78 is 3.48. The van der Waals surface area contributed by atoms with Gasteiger partial charge in [0.2, 0.25) is 0 Å². The van der Waals surface area contributed by atoms with Crippen LogP contribution < -0.4 is 11.1 Å². The molecule has 1 aliphatic rings. The molecule has 0 bridgehead atoms. The van der Waals surface area contributed by atoms with Crippen molar-refractivity contribution in [2.75, 3.05) is 5.32 Å². The third-order valence-corrected chi connectivity index (χ3v) is 3.61. The molecule has 22 heavy (non-hydrogen) atoms. The Bertz CT molecular complexity index is 780. The Balaban J connectivity index is 2.13. The minimum atomic E-state index is -0.603. The van der Waals surface area contributed by atoms with Crippen LogP contribution in [0.5, 0.6) is 0 Å². The van der Waals surface area contributed by atoms with Gasteiger partial charge in [0.05, 0.1) is 6.20 Å². The predicted molar refractivity (Wildman–Crippen MR) is 85.0 cm³/mol. The fraction of sp³-hybridized carbons (Fsp3) is 0.267. The van der Waals surface area contributed by atoms with Crippen LogP contribution in [0.25, 0.3) is 17.0 Å². The molecule has 0 radical (unpaired) electrons. The summed E-state index contributed by atoms with van der Waals surface area (Å²) in [6.45, 7) is 1.91. The van der Waals surface area contributed by atoms with E-state index in [1.54, 1.807) is 15.6 Å². The Morgan fingerprint density at radius 1 is 1.45 bits per heavy atom. The number of aryl methyl sites for hydroxylation is 1. The molecule has 0 saturated heterocycles. The summed E-state index contributed by atoms with van der Waals surface area (Å²) in [6, 6.07) is -0.603. The molecule has 2 aromatic heterocycles. The van der Waals surface area contributed by atoms with Crippen LogP contribution in [0.2, 0.25) is 0 Å². The molecule has 3 rings (SSSR count). The van der Waals surface area contributed by atoms with Gasteiger partial charge in [-0.25, -0.2) is 9.48 Å². The van der Waals surface area contributed by atoms with Crippen LogP contribution in [0.3, 0.4) is 0 Å². The number of carbonyl (C=O) groups excluding carboxylic acids is 1. The molecule has 2 aromatic rings. The van der Waals surface area contributed by atoms with Crippen LogP contribution in [0.4, 0.5) is 10.6 Å². The number of nitrogens with zero attached hydrogens (tertiary/aromatic N) is 4. The van der Waals surface area contributed by atoms with Gasteiger partial charge in [-0.1, -0.05) is 12.2 Å². The quantitative estimate of drug-likeness (QED) is 0.910. The van der Waals surface area contributed by atoms with Crippen molar-refractivity contribution in [1.29, 1.82) is 0 Å². The van der Waals surface area contributed by atoms with Gasteiger partial charge in [0.25, 0.3) is 0 Å². The highest BCUT2D eigenvalue weighted by Gasteiger charge is 2.20. The first kappa shape index (κ1) is 14.1. The number of amides is 2. The SMILES string of the molecule is Cc1c(-c2cnn(C)c2)nn(C2=CC=CCC2)c1NC(N)=O. The average molecular weight is 298 g/mol. The number of aromatic nitrogens is 4. The van der Waals surface area contributed by atoms with E-state index in [1.165, 1.54) is 0 Å². The third-order valence-electron chi connectivity index (χ3n) is 3.61. The number of anilines is 1. The Labute approximate surface area is 128 Å². The van der Waals surface area contributed by atoms with Crippen molar-refractivity contribution >= 4 is 17.5 Å². The monoisotopic (exact) mass is 298 g/mol. The van der Waals surface area contributed by atoms with E-state index in [4.69, 9.17) is 5.73 Å². The first-order valence-electron chi connectivity index (χ1n) is 7.07. The van der Waals surface area contributed by atoms with E-state index in [9.17, 15) is 4.79 Å². The zero-order valence-electron chi connectivity index (χ0n) is 12.6. The molecule has 0 atom stereocenters. The van der Waals surface area contributed by atoms with Gasteiger partial charge in [0.15, 0.2) is 0 Å². The van der Waals surface area contributed by atoms with Gasteiger partial charge in [0.1, 0.15) is 11.5 Å². The highest BCUT2D eigenvalue weighted by atomic mass is 16.2. The number of hydrogen-bond donors (Lipinski definition) is 2. The number of allylic oxidation sites excluding steroid dienone is 4. The van der Waals surface area contributed by atoms with E-state index in [-0.39, 0.29) is 0 Å². The maximum Gasteiger partial charge on any atom is 0.317 e. The summed E-state index contributed by atoms with van der Waals surface area (Å²) in [5.41, 5.74) is 8.87. The Hall–Kier alpha value is -2.83. The molecule has 2 amide bonds. The molecule has 7 heteroatoms. The molecular formula is C15H18N6O. The number of primary amides is 1. The molecule has 7 nitrogen and oxygen atoms in total. The van der Waals surface area contributed by atoms with E-state index in [1.807, 2.05) is 32.3 Å². The van der Waals surface area contributed by atoms with E-state index in [0.29, 0.717) is 5.82 Å². The molecular weight excluding hydrogens is 280 g/mol. The zero-order valence-corrected chi connectivity index (χ0v) is 12.6. The minimum Gasteiger partial charge on any atom is -0.351 e. The Morgan fingerprint density at radius 3 is 2.86 bits per heavy atom. The summed E-state index contributed by atoms with van der Waals surface area (Å²) in [5, 5.41) is 11.5. The predicted octanol–water partition coefficient (Wildman–Crippen LogP) is 2.27. The maximum atomic E-state index is 11.3. The van der Waals surface area contributed by atoms with Crippen LogP contribution in [0.1, 0.15) is 18.4 Å². The summed E-state index contributed by atoms with van der Waals surface area (Å²) in [6.07, 6.45) is 11.5. The van der Waals surface area contributed by atoms with Crippen LogP contribution in [-0.2, 0) is 7.05 Å². The number of carbonyl (C=O) groups is 1. The smallest absolute Gasteiger partial charge is 0.317 e. The first-order chi connectivity index (χ1) is 10.6. The molecule has 114 valence electrons. The summed E-state index contributed by atoms with van der Waals surface area (Å²) in [5.74, 6) is 0.605. The summed E-state index contributed by atoms with van der Waals surface area (Å²) in [4.78, 5) is 11.3. The topological polar surface area (TPSA) is 90.8 Å². The van der Waals surface area contributed by atoms with E-state index in [0.717, 1.165) is 35.4 Å². The number of hydrogen-bond acceptors (Lipinski definition) is 3. The van der Waals surface area contributed by atoms with Gasteiger partial charge in [-0.15, -0.1) is 0 Å². The molecule has 0 saturated carbocycles. The van der Waals surface area contributed by atoms with Gasteiger partial charge in [-0.05, 0) is 25.8 Å². The maximum absolute atomic E-state index is 11.3. The molecule has 2 heterocycles. The number of rotatable bonds is 3. The van der Waals surface area contributed by atoms with Gasteiger partial charge < -0.3 is 5.73 Å². The molecule has 0 aliphatic heterocycles. The van der Waals surface area contributed by atoms with Crippen molar-refractivity contribution in [2.24, 2.45) is 12.8 Å².